The maximum absolute atomic E-state index is 11.6. The molecule has 0 fully saturated rings. The summed E-state index contributed by atoms with van der Waals surface area (Å²) in [5, 5.41) is 5.22. The van der Waals surface area contributed by atoms with Crippen molar-refractivity contribution in [3.63, 3.8) is 0 Å². The highest BCUT2D eigenvalue weighted by molar-refractivity contribution is 5.93. The summed E-state index contributed by atoms with van der Waals surface area (Å²) in [5.74, 6) is 0.0847. The summed E-state index contributed by atoms with van der Waals surface area (Å²) in [7, 11) is 0. The zero-order valence-corrected chi connectivity index (χ0v) is 11.2. The molecule has 0 unspecified atom stereocenters. The van der Waals surface area contributed by atoms with Crippen LogP contribution in [0.25, 0.3) is 0 Å². The number of carbonyl (C=O) groups excluding carboxylic acids is 2. The molecule has 0 spiro atoms. The van der Waals surface area contributed by atoms with Crippen LogP contribution >= 0.6 is 0 Å². The van der Waals surface area contributed by atoms with Crippen LogP contribution < -0.4 is 10.6 Å². The predicted octanol–water partition coefficient (Wildman–Crippen LogP) is 1.19. The number of carbonyl (C=O) groups is 2. The minimum atomic E-state index is -0.468. The van der Waals surface area contributed by atoms with E-state index >= 15 is 0 Å². The molecule has 0 saturated carbocycles. The normalized spacial score (nSPS) is 10.1. The molecule has 104 valence electrons. The molecule has 0 atom stereocenters. The molecule has 0 radical (unpaired) electrons. The zero-order chi connectivity index (χ0) is 14.1. The average molecular weight is 265 g/mol. The van der Waals surface area contributed by atoms with Gasteiger partial charge in [-0.05, 0) is 18.1 Å². The lowest BCUT2D eigenvalue weighted by Gasteiger charge is -2.09. The standard InChI is InChI=1S/C13H19N3O3/c1-10(2)9-19-13(18)16-7-6-15-12(17)11-4-3-5-14-8-11/h3-5,8,10H,6-7,9H2,1-2H3,(H,15,17)(H,16,18). The van der Waals surface area contributed by atoms with Gasteiger partial charge in [0.25, 0.3) is 5.91 Å². The zero-order valence-electron chi connectivity index (χ0n) is 11.2. The minimum Gasteiger partial charge on any atom is -0.449 e. The number of hydrogen-bond acceptors (Lipinski definition) is 4. The van der Waals surface area contributed by atoms with E-state index in [4.69, 9.17) is 4.74 Å². The van der Waals surface area contributed by atoms with Crippen molar-refractivity contribution in [1.29, 1.82) is 0 Å². The molecule has 1 heterocycles. The number of aromatic nitrogens is 1. The smallest absolute Gasteiger partial charge is 0.407 e. The maximum Gasteiger partial charge on any atom is 0.407 e. The molecule has 0 aromatic carbocycles. The van der Waals surface area contributed by atoms with Gasteiger partial charge in [0.15, 0.2) is 0 Å². The molecule has 6 heteroatoms. The van der Waals surface area contributed by atoms with Crippen molar-refractivity contribution in [2.45, 2.75) is 13.8 Å². The van der Waals surface area contributed by atoms with Gasteiger partial charge < -0.3 is 15.4 Å². The Bertz CT molecular complexity index is 407. The van der Waals surface area contributed by atoms with Gasteiger partial charge in [-0.1, -0.05) is 13.8 Å². The molecule has 19 heavy (non-hydrogen) atoms. The fourth-order valence-electron chi connectivity index (χ4n) is 1.23. The highest BCUT2D eigenvalue weighted by atomic mass is 16.5. The Morgan fingerprint density at radius 1 is 1.32 bits per heavy atom. The monoisotopic (exact) mass is 265 g/mol. The Morgan fingerprint density at radius 3 is 2.68 bits per heavy atom. The quantitative estimate of drug-likeness (QED) is 0.757. The Morgan fingerprint density at radius 2 is 2.05 bits per heavy atom. The molecule has 2 amide bonds. The summed E-state index contributed by atoms with van der Waals surface area (Å²) in [4.78, 5) is 26.7. The van der Waals surface area contributed by atoms with E-state index in [1.807, 2.05) is 13.8 Å². The minimum absolute atomic E-state index is 0.217. The van der Waals surface area contributed by atoms with E-state index in [2.05, 4.69) is 15.6 Å². The highest BCUT2D eigenvalue weighted by Crippen LogP contribution is 1.94. The molecular formula is C13H19N3O3. The highest BCUT2D eigenvalue weighted by Gasteiger charge is 2.05. The lowest BCUT2D eigenvalue weighted by molar-refractivity contribution is 0.0951. The number of alkyl carbamates (subject to hydrolysis) is 1. The van der Waals surface area contributed by atoms with E-state index in [1.165, 1.54) is 6.20 Å². The Hall–Kier alpha value is -2.11. The lowest BCUT2D eigenvalue weighted by Crippen LogP contribution is -2.35. The number of rotatable bonds is 6. The Kier molecular flexibility index (Phi) is 6.35. The second-order valence-corrected chi connectivity index (χ2v) is 4.42. The van der Waals surface area contributed by atoms with Gasteiger partial charge in [-0.3, -0.25) is 9.78 Å². The van der Waals surface area contributed by atoms with E-state index in [-0.39, 0.29) is 5.91 Å². The van der Waals surface area contributed by atoms with Gasteiger partial charge in [0.1, 0.15) is 0 Å². The topological polar surface area (TPSA) is 80.3 Å². The molecule has 0 aliphatic heterocycles. The van der Waals surface area contributed by atoms with Gasteiger partial charge in [0.2, 0.25) is 0 Å². The number of nitrogens with one attached hydrogen (secondary N) is 2. The van der Waals surface area contributed by atoms with Crippen molar-refractivity contribution < 1.29 is 14.3 Å². The third-order valence-electron chi connectivity index (χ3n) is 2.15. The van der Waals surface area contributed by atoms with Crippen LogP contribution in [0.15, 0.2) is 24.5 Å². The molecule has 0 aliphatic rings. The average Bonchev–Trinajstić information content (AvgIpc) is 2.42. The first-order valence-electron chi connectivity index (χ1n) is 6.18. The SMILES string of the molecule is CC(C)COC(=O)NCCNC(=O)c1cccnc1. The van der Waals surface area contributed by atoms with Crippen LogP contribution in [-0.2, 0) is 4.74 Å². The summed E-state index contributed by atoms with van der Waals surface area (Å²) in [6.45, 7) is 4.96. The predicted molar refractivity (Wildman–Crippen MR) is 70.8 cm³/mol. The molecule has 0 saturated heterocycles. The second kappa shape index (κ2) is 8.07. The first kappa shape index (κ1) is 14.9. The van der Waals surface area contributed by atoms with Gasteiger partial charge in [-0.2, -0.15) is 0 Å². The molecule has 0 aliphatic carbocycles. The van der Waals surface area contributed by atoms with Gasteiger partial charge in [-0.15, -0.1) is 0 Å². The summed E-state index contributed by atoms with van der Waals surface area (Å²) in [6.07, 6.45) is 2.62. The van der Waals surface area contributed by atoms with Crippen molar-refractivity contribution in [3.05, 3.63) is 30.1 Å². The molecule has 6 nitrogen and oxygen atoms in total. The molecule has 1 aromatic heterocycles. The lowest BCUT2D eigenvalue weighted by atomic mass is 10.2. The van der Waals surface area contributed by atoms with E-state index in [0.29, 0.717) is 31.2 Å². The van der Waals surface area contributed by atoms with Crippen molar-refractivity contribution in [3.8, 4) is 0 Å². The van der Waals surface area contributed by atoms with Crippen LogP contribution in [0.3, 0.4) is 0 Å². The fourth-order valence-corrected chi connectivity index (χ4v) is 1.23. The van der Waals surface area contributed by atoms with E-state index in [9.17, 15) is 9.59 Å². The number of amides is 2. The van der Waals surface area contributed by atoms with Gasteiger partial charge in [0, 0.05) is 25.5 Å². The van der Waals surface area contributed by atoms with Crippen LogP contribution in [0.2, 0.25) is 0 Å². The van der Waals surface area contributed by atoms with Crippen LogP contribution in [0.1, 0.15) is 24.2 Å². The van der Waals surface area contributed by atoms with E-state index < -0.39 is 6.09 Å². The summed E-state index contributed by atoms with van der Waals surface area (Å²) in [6, 6.07) is 3.36. The summed E-state index contributed by atoms with van der Waals surface area (Å²) in [5.41, 5.74) is 0.491. The van der Waals surface area contributed by atoms with Crippen molar-refractivity contribution in [1.82, 2.24) is 15.6 Å². The molecule has 0 bridgehead atoms. The number of ether oxygens (including phenoxy) is 1. The van der Waals surface area contributed by atoms with Crippen LogP contribution in [-0.4, -0.2) is 36.7 Å². The Balaban J connectivity index is 2.14. The maximum atomic E-state index is 11.6. The third-order valence-corrected chi connectivity index (χ3v) is 2.15. The number of pyridine rings is 1. The molecule has 2 N–H and O–H groups in total. The molecule has 1 rings (SSSR count). The van der Waals surface area contributed by atoms with Gasteiger partial charge >= 0.3 is 6.09 Å². The fraction of sp³-hybridized carbons (Fsp3) is 0.462. The van der Waals surface area contributed by atoms with Crippen molar-refractivity contribution in [2.75, 3.05) is 19.7 Å². The third kappa shape index (κ3) is 6.40. The van der Waals surface area contributed by atoms with Crippen molar-refractivity contribution in [2.24, 2.45) is 5.92 Å². The van der Waals surface area contributed by atoms with E-state index in [0.717, 1.165) is 0 Å². The van der Waals surface area contributed by atoms with Crippen LogP contribution in [0.4, 0.5) is 4.79 Å². The van der Waals surface area contributed by atoms with Gasteiger partial charge in [0.05, 0.1) is 12.2 Å². The van der Waals surface area contributed by atoms with E-state index in [1.54, 1.807) is 18.3 Å². The molecular weight excluding hydrogens is 246 g/mol. The largest absolute Gasteiger partial charge is 0.449 e. The number of hydrogen-bond donors (Lipinski definition) is 2. The van der Waals surface area contributed by atoms with Crippen molar-refractivity contribution >= 4 is 12.0 Å². The first-order valence-corrected chi connectivity index (χ1v) is 6.18. The second-order valence-electron chi connectivity index (χ2n) is 4.42. The first-order chi connectivity index (χ1) is 9.09. The summed E-state index contributed by atoms with van der Waals surface area (Å²) < 4.78 is 4.92. The molecule has 1 aromatic rings. The summed E-state index contributed by atoms with van der Waals surface area (Å²) >= 11 is 0. The number of nitrogens with zero attached hydrogens (tertiary/aromatic N) is 1. The van der Waals surface area contributed by atoms with Gasteiger partial charge in [-0.25, -0.2) is 4.79 Å². The Labute approximate surface area is 112 Å². The van der Waals surface area contributed by atoms with Crippen LogP contribution in [0.5, 0.6) is 0 Å². The van der Waals surface area contributed by atoms with Crippen LogP contribution in [0, 0.1) is 5.92 Å².